The van der Waals surface area contributed by atoms with Gasteiger partial charge in [-0.25, -0.2) is 4.98 Å². The smallest absolute Gasteiger partial charge is 0.260 e. The SMILES string of the molecule is CC(C)C(=O)NC1CCN(c2cc(=O)n(-c3ccc(Cl)cc3)c(-c3ccc(Cl)cc3Cl)n2)CC1. The lowest BCUT2D eigenvalue weighted by atomic mass is 10.0. The molecule has 4 rings (SSSR count). The van der Waals surface area contributed by atoms with Gasteiger partial charge in [-0.2, -0.15) is 0 Å². The first kappa shape index (κ1) is 24.6. The molecule has 0 radical (unpaired) electrons. The Morgan fingerprint density at radius 1 is 1.00 bits per heavy atom. The molecule has 0 aliphatic carbocycles. The van der Waals surface area contributed by atoms with Crippen molar-refractivity contribution in [3.8, 4) is 17.1 Å². The molecule has 9 heteroatoms. The molecule has 6 nitrogen and oxygen atoms in total. The van der Waals surface area contributed by atoms with E-state index in [0.717, 1.165) is 12.8 Å². The molecule has 178 valence electrons. The van der Waals surface area contributed by atoms with Crippen LogP contribution in [0, 0.1) is 5.92 Å². The van der Waals surface area contributed by atoms with E-state index in [1.165, 1.54) is 10.6 Å². The van der Waals surface area contributed by atoms with Crippen LogP contribution in [0.3, 0.4) is 0 Å². The van der Waals surface area contributed by atoms with Gasteiger partial charge in [0.15, 0.2) is 5.82 Å². The number of amides is 1. The van der Waals surface area contributed by atoms with E-state index in [0.29, 0.717) is 51.1 Å². The molecule has 0 unspecified atom stereocenters. The number of halogens is 3. The zero-order valence-electron chi connectivity index (χ0n) is 18.9. The lowest BCUT2D eigenvalue weighted by Gasteiger charge is -2.33. The summed E-state index contributed by atoms with van der Waals surface area (Å²) in [5.74, 6) is 1.00. The number of nitrogens with one attached hydrogen (secondary N) is 1. The van der Waals surface area contributed by atoms with Crippen LogP contribution in [-0.2, 0) is 4.79 Å². The van der Waals surface area contributed by atoms with Gasteiger partial charge in [-0.15, -0.1) is 0 Å². The Hall–Kier alpha value is -2.54. The summed E-state index contributed by atoms with van der Waals surface area (Å²) < 4.78 is 1.52. The number of anilines is 1. The van der Waals surface area contributed by atoms with Gasteiger partial charge in [-0.3, -0.25) is 14.2 Å². The molecule has 1 aromatic heterocycles. The van der Waals surface area contributed by atoms with Gasteiger partial charge in [0.05, 0.1) is 10.7 Å². The molecular formula is C25H25Cl3N4O2. The molecule has 1 saturated heterocycles. The summed E-state index contributed by atoms with van der Waals surface area (Å²) in [6.07, 6.45) is 1.55. The number of piperidine rings is 1. The quantitative estimate of drug-likeness (QED) is 0.476. The first-order valence-electron chi connectivity index (χ1n) is 11.1. The molecule has 1 fully saturated rings. The number of hydrogen-bond acceptors (Lipinski definition) is 4. The summed E-state index contributed by atoms with van der Waals surface area (Å²) in [5, 5.41) is 4.56. The molecule has 1 amide bonds. The number of nitrogens with zero attached hydrogens (tertiary/aromatic N) is 3. The monoisotopic (exact) mass is 518 g/mol. The van der Waals surface area contributed by atoms with Crippen LogP contribution in [0.5, 0.6) is 0 Å². The largest absolute Gasteiger partial charge is 0.356 e. The second-order valence-electron chi connectivity index (χ2n) is 8.64. The Balaban J connectivity index is 1.71. The van der Waals surface area contributed by atoms with Crippen LogP contribution >= 0.6 is 34.8 Å². The average Bonchev–Trinajstić information content (AvgIpc) is 2.80. The van der Waals surface area contributed by atoms with Gasteiger partial charge in [0.2, 0.25) is 5.91 Å². The highest BCUT2D eigenvalue weighted by Gasteiger charge is 2.24. The minimum absolute atomic E-state index is 0.0492. The number of carbonyl (C=O) groups is 1. The lowest BCUT2D eigenvalue weighted by Crippen LogP contribution is -2.46. The number of carbonyl (C=O) groups excluding carboxylic acids is 1. The second kappa shape index (κ2) is 10.4. The van der Waals surface area contributed by atoms with E-state index < -0.39 is 0 Å². The molecule has 0 atom stereocenters. The van der Waals surface area contributed by atoms with Crippen molar-refractivity contribution in [1.82, 2.24) is 14.9 Å². The molecule has 1 N–H and O–H groups in total. The summed E-state index contributed by atoms with van der Waals surface area (Å²) in [4.78, 5) is 32.3. The molecule has 1 aliphatic rings. The predicted octanol–water partition coefficient (Wildman–Crippen LogP) is 5.60. The van der Waals surface area contributed by atoms with Gasteiger partial charge in [0, 0.05) is 46.7 Å². The van der Waals surface area contributed by atoms with Crippen LogP contribution in [0.15, 0.2) is 53.3 Å². The van der Waals surface area contributed by atoms with Crippen LogP contribution in [0.25, 0.3) is 17.1 Å². The summed E-state index contributed by atoms with van der Waals surface area (Å²) in [6, 6.07) is 13.7. The highest BCUT2D eigenvalue weighted by molar-refractivity contribution is 6.36. The first-order chi connectivity index (χ1) is 16.2. The lowest BCUT2D eigenvalue weighted by molar-refractivity contribution is -0.124. The molecule has 0 bridgehead atoms. The van der Waals surface area contributed by atoms with Crippen molar-refractivity contribution in [3.63, 3.8) is 0 Å². The van der Waals surface area contributed by atoms with Crippen LogP contribution in [0.2, 0.25) is 15.1 Å². The molecule has 2 aromatic carbocycles. The molecule has 1 aliphatic heterocycles. The molecular weight excluding hydrogens is 495 g/mol. The van der Waals surface area contributed by atoms with E-state index in [-0.39, 0.29) is 23.4 Å². The first-order valence-corrected chi connectivity index (χ1v) is 12.3. The second-order valence-corrected chi connectivity index (χ2v) is 9.92. The Morgan fingerprint density at radius 2 is 1.65 bits per heavy atom. The Kier molecular flexibility index (Phi) is 7.51. The minimum atomic E-state index is -0.233. The van der Waals surface area contributed by atoms with Crippen molar-refractivity contribution in [1.29, 1.82) is 0 Å². The maximum absolute atomic E-state index is 13.4. The number of rotatable bonds is 5. The predicted molar refractivity (Wildman–Crippen MR) is 139 cm³/mol. The topological polar surface area (TPSA) is 67.2 Å². The van der Waals surface area contributed by atoms with E-state index in [1.807, 2.05) is 13.8 Å². The molecule has 3 aromatic rings. The van der Waals surface area contributed by atoms with Crippen LogP contribution in [-0.4, -0.2) is 34.6 Å². The van der Waals surface area contributed by atoms with E-state index in [9.17, 15) is 9.59 Å². The Bertz CT molecular complexity index is 1250. The van der Waals surface area contributed by atoms with Gasteiger partial charge < -0.3 is 10.2 Å². The summed E-state index contributed by atoms with van der Waals surface area (Å²) >= 11 is 18.7. The van der Waals surface area contributed by atoms with Crippen molar-refractivity contribution in [3.05, 3.63) is 74.0 Å². The van der Waals surface area contributed by atoms with Crippen molar-refractivity contribution in [2.45, 2.75) is 32.7 Å². The fraction of sp³-hybridized carbons (Fsp3) is 0.320. The highest BCUT2D eigenvalue weighted by Crippen LogP contribution is 2.31. The molecule has 0 saturated carbocycles. The number of benzene rings is 2. The third-order valence-corrected chi connectivity index (χ3v) is 6.65. The summed E-state index contributed by atoms with van der Waals surface area (Å²) in [5.41, 5.74) is 0.993. The molecule has 34 heavy (non-hydrogen) atoms. The van der Waals surface area contributed by atoms with Gasteiger partial charge >= 0.3 is 0 Å². The van der Waals surface area contributed by atoms with E-state index >= 15 is 0 Å². The Morgan fingerprint density at radius 3 is 2.26 bits per heavy atom. The van der Waals surface area contributed by atoms with Crippen molar-refractivity contribution in [2.75, 3.05) is 18.0 Å². The zero-order chi connectivity index (χ0) is 24.4. The van der Waals surface area contributed by atoms with E-state index in [1.54, 1.807) is 42.5 Å². The fourth-order valence-electron chi connectivity index (χ4n) is 3.94. The standard InChI is InChI=1S/C25H25Cl3N4O2/c1-15(2)25(34)29-18-9-11-31(12-10-18)22-14-23(33)32(19-6-3-16(26)4-7-19)24(30-22)20-8-5-17(27)13-21(20)28/h3-8,13-15,18H,9-12H2,1-2H3,(H,29,34). The normalized spacial score (nSPS) is 14.5. The van der Waals surface area contributed by atoms with Gasteiger partial charge in [0.1, 0.15) is 5.82 Å². The third kappa shape index (κ3) is 5.40. The summed E-state index contributed by atoms with van der Waals surface area (Å²) in [6.45, 7) is 5.11. The van der Waals surface area contributed by atoms with Crippen molar-refractivity contribution >= 4 is 46.5 Å². The van der Waals surface area contributed by atoms with E-state index in [2.05, 4.69) is 10.2 Å². The minimum Gasteiger partial charge on any atom is -0.356 e. The number of hydrogen-bond donors (Lipinski definition) is 1. The maximum Gasteiger partial charge on any atom is 0.260 e. The van der Waals surface area contributed by atoms with Crippen molar-refractivity contribution < 1.29 is 4.79 Å². The summed E-state index contributed by atoms with van der Waals surface area (Å²) in [7, 11) is 0. The maximum atomic E-state index is 13.4. The van der Waals surface area contributed by atoms with Crippen LogP contribution in [0.4, 0.5) is 5.82 Å². The van der Waals surface area contributed by atoms with Crippen molar-refractivity contribution in [2.24, 2.45) is 5.92 Å². The van der Waals surface area contributed by atoms with Crippen LogP contribution in [0.1, 0.15) is 26.7 Å². The zero-order valence-corrected chi connectivity index (χ0v) is 21.2. The highest BCUT2D eigenvalue weighted by atomic mass is 35.5. The molecule has 0 spiro atoms. The van der Waals surface area contributed by atoms with Gasteiger partial charge in [-0.1, -0.05) is 48.7 Å². The molecule has 2 heterocycles. The van der Waals surface area contributed by atoms with Gasteiger partial charge in [0.25, 0.3) is 5.56 Å². The van der Waals surface area contributed by atoms with Crippen LogP contribution < -0.4 is 15.8 Å². The van der Waals surface area contributed by atoms with Gasteiger partial charge in [-0.05, 0) is 55.3 Å². The third-order valence-electron chi connectivity index (χ3n) is 5.85. The fourth-order valence-corrected chi connectivity index (χ4v) is 4.56. The number of aromatic nitrogens is 2. The van der Waals surface area contributed by atoms with E-state index in [4.69, 9.17) is 39.8 Å². The Labute approximate surface area is 213 Å². The average molecular weight is 520 g/mol.